The molecule has 0 bridgehead atoms. The van der Waals surface area contributed by atoms with Gasteiger partial charge in [0.15, 0.2) is 0 Å². The van der Waals surface area contributed by atoms with Gasteiger partial charge in [-0.3, -0.25) is 4.79 Å². The summed E-state index contributed by atoms with van der Waals surface area (Å²) in [6.07, 6.45) is 0.823. The Bertz CT molecular complexity index is 1420. The van der Waals surface area contributed by atoms with Crippen LogP contribution < -0.4 is 10.3 Å². The van der Waals surface area contributed by atoms with Crippen molar-refractivity contribution in [2.45, 2.75) is 19.3 Å². The van der Waals surface area contributed by atoms with Crippen LogP contribution >= 0.6 is 11.3 Å². The molecule has 164 valence electrons. The fraction of sp³-hybridized carbons (Fsp3) is 0.143. The van der Waals surface area contributed by atoms with Crippen molar-refractivity contribution >= 4 is 21.6 Å². The number of methoxy groups -OCH3 is 1. The molecule has 0 saturated heterocycles. The predicted octanol–water partition coefficient (Wildman–Crippen LogP) is 6.40. The molecule has 0 fully saturated rings. The topological polar surface area (TPSA) is 55.0 Å². The first-order chi connectivity index (χ1) is 16.2. The van der Waals surface area contributed by atoms with Gasteiger partial charge in [0.05, 0.1) is 18.4 Å². The Morgan fingerprint density at radius 1 is 0.939 bits per heavy atom. The molecule has 0 aliphatic carbocycles. The van der Waals surface area contributed by atoms with Gasteiger partial charge in [-0.15, -0.1) is 11.3 Å². The molecule has 0 spiro atoms. The van der Waals surface area contributed by atoms with E-state index in [9.17, 15) is 4.79 Å². The molecule has 3 aromatic carbocycles. The van der Waals surface area contributed by atoms with Crippen LogP contribution in [-0.2, 0) is 6.42 Å². The summed E-state index contributed by atoms with van der Waals surface area (Å²) in [5.74, 6) is 1.27. The second-order valence-electron chi connectivity index (χ2n) is 7.87. The zero-order valence-corrected chi connectivity index (χ0v) is 19.4. The van der Waals surface area contributed by atoms with Gasteiger partial charge in [-0.25, -0.2) is 4.98 Å². The Hall–Kier alpha value is -3.70. The summed E-state index contributed by atoms with van der Waals surface area (Å²) in [5, 5.41) is 0.647. The van der Waals surface area contributed by atoms with E-state index in [4.69, 9.17) is 9.72 Å². The second kappa shape index (κ2) is 9.04. The molecular weight excluding hydrogens is 428 g/mol. The molecule has 5 aromatic rings. The van der Waals surface area contributed by atoms with E-state index < -0.39 is 0 Å². The van der Waals surface area contributed by atoms with E-state index in [1.165, 1.54) is 0 Å². The van der Waals surface area contributed by atoms with Crippen LogP contribution in [0, 0.1) is 0 Å². The van der Waals surface area contributed by atoms with E-state index >= 15 is 0 Å². The molecule has 2 heterocycles. The molecule has 0 atom stereocenters. The Kier molecular flexibility index (Phi) is 5.80. The largest absolute Gasteiger partial charge is 0.497 e. The van der Waals surface area contributed by atoms with Crippen LogP contribution in [0.3, 0.4) is 0 Å². The molecule has 0 amide bonds. The van der Waals surface area contributed by atoms with Crippen molar-refractivity contribution in [2.75, 3.05) is 7.11 Å². The van der Waals surface area contributed by atoms with E-state index in [1.807, 2.05) is 60.7 Å². The number of ether oxygens (including phenoxy) is 1. The summed E-state index contributed by atoms with van der Waals surface area (Å²) in [6.45, 7) is 2.11. The lowest BCUT2D eigenvalue weighted by molar-refractivity contribution is 0.415. The van der Waals surface area contributed by atoms with Crippen molar-refractivity contribution in [3.8, 4) is 16.9 Å². The maximum absolute atomic E-state index is 13.5. The minimum atomic E-state index is -0.156. The summed E-state index contributed by atoms with van der Waals surface area (Å²) >= 11 is 1.60. The molecule has 5 rings (SSSR count). The average Bonchev–Trinajstić information content (AvgIpc) is 3.25. The lowest BCUT2D eigenvalue weighted by atomic mass is 9.90. The number of aromatic amines is 1. The van der Waals surface area contributed by atoms with Gasteiger partial charge in [0.1, 0.15) is 16.4 Å². The number of H-pyrrole nitrogens is 1. The number of nitrogens with zero attached hydrogens (tertiary/aromatic N) is 1. The third kappa shape index (κ3) is 3.96. The van der Waals surface area contributed by atoms with E-state index in [1.54, 1.807) is 18.4 Å². The molecule has 5 heteroatoms. The van der Waals surface area contributed by atoms with E-state index in [0.717, 1.165) is 44.1 Å². The normalized spacial score (nSPS) is 11.2. The lowest BCUT2D eigenvalue weighted by Gasteiger charge is -2.17. The molecule has 1 N–H and O–H groups in total. The maximum Gasteiger partial charge on any atom is 0.260 e. The molecule has 2 aromatic heterocycles. The number of thiophene rings is 1. The van der Waals surface area contributed by atoms with Crippen molar-refractivity contribution in [2.24, 2.45) is 0 Å². The molecule has 0 radical (unpaired) electrons. The molecule has 0 saturated carbocycles. The Balaban J connectivity index is 1.73. The SMILES string of the molecule is CCc1sc2nc(C(c3ccccc3)c3ccccc3)[nH]c(=O)c2c1-c1cccc(OC)c1. The van der Waals surface area contributed by atoms with Crippen molar-refractivity contribution in [1.82, 2.24) is 9.97 Å². The van der Waals surface area contributed by atoms with Crippen LogP contribution in [0.15, 0.2) is 89.7 Å². The fourth-order valence-corrected chi connectivity index (χ4v) is 5.48. The van der Waals surface area contributed by atoms with Crippen LogP contribution in [0.1, 0.15) is 34.7 Å². The summed E-state index contributed by atoms with van der Waals surface area (Å²) in [6, 6.07) is 28.2. The Labute approximate surface area is 196 Å². The highest BCUT2D eigenvalue weighted by molar-refractivity contribution is 7.19. The van der Waals surface area contributed by atoms with Crippen molar-refractivity contribution < 1.29 is 4.74 Å². The van der Waals surface area contributed by atoms with Crippen LogP contribution in [-0.4, -0.2) is 17.1 Å². The molecule has 33 heavy (non-hydrogen) atoms. The number of nitrogens with one attached hydrogen (secondary N) is 1. The number of hydrogen-bond acceptors (Lipinski definition) is 4. The zero-order chi connectivity index (χ0) is 22.8. The highest BCUT2D eigenvalue weighted by Crippen LogP contribution is 2.39. The highest BCUT2D eigenvalue weighted by Gasteiger charge is 2.23. The summed E-state index contributed by atoms with van der Waals surface area (Å²) in [4.78, 5) is 23.6. The first-order valence-electron chi connectivity index (χ1n) is 11.0. The molecular formula is C28H24N2O2S. The third-order valence-corrected chi connectivity index (χ3v) is 7.10. The summed E-state index contributed by atoms with van der Waals surface area (Å²) in [5.41, 5.74) is 3.99. The number of benzene rings is 3. The van der Waals surface area contributed by atoms with Gasteiger partial charge >= 0.3 is 0 Å². The average molecular weight is 453 g/mol. The zero-order valence-electron chi connectivity index (χ0n) is 18.5. The monoisotopic (exact) mass is 452 g/mol. The number of aryl methyl sites for hydroxylation is 1. The maximum atomic E-state index is 13.5. The van der Waals surface area contributed by atoms with Crippen molar-refractivity contribution in [3.63, 3.8) is 0 Å². The van der Waals surface area contributed by atoms with Crippen molar-refractivity contribution in [3.05, 3.63) is 117 Å². The first kappa shape index (κ1) is 21.2. The van der Waals surface area contributed by atoms with Crippen LogP contribution in [0.25, 0.3) is 21.3 Å². The van der Waals surface area contributed by atoms with Gasteiger partial charge in [-0.05, 0) is 35.2 Å². The van der Waals surface area contributed by atoms with Crippen LogP contribution in [0.2, 0.25) is 0 Å². The van der Waals surface area contributed by atoms with Gasteiger partial charge in [0.25, 0.3) is 5.56 Å². The van der Waals surface area contributed by atoms with E-state index in [0.29, 0.717) is 11.2 Å². The Morgan fingerprint density at radius 2 is 1.61 bits per heavy atom. The third-order valence-electron chi connectivity index (χ3n) is 5.87. The van der Waals surface area contributed by atoms with Crippen LogP contribution in [0.5, 0.6) is 5.75 Å². The predicted molar refractivity (Wildman–Crippen MR) is 135 cm³/mol. The number of rotatable bonds is 6. The van der Waals surface area contributed by atoms with Gasteiger partial charge in [0.2, 0.25) is 0 Å². The minimum Gasteiger partial charge on any atom is -0.497 e. The second-order valence-corrected chi connectivity index (χ2v) is 8.96. The number of hydrogen-bond donors (Lipinski definition) is 1. The highest BCUT2D eigenvalue weighted by atomic mass is 32.1. The molecule has 4 nitrogen and oxygen atoms in total. The van der Waals surface area contributed by atoms with Crippen LogP contribution in [0.4, 0.5) is 0 Å². The minimum absolute atomic E-state index is 0.111. The molecule has 0 aliphatic rings. The standard InChI is InChI=1S/C28H24N2O2S/c1-3-22-24(20-15-10-16-21(17-20)32-2)25-27(31)29-26(30-28(25)33-22)23(18-11-6-4-7-12-18)19-13-8-5-9-14-19/h4-17,23H,3H2,1-2H3,(H,29,30,31). The van der Waals surface area contributed by atoms with E-state index in [-0.39, 0.29) is 11.5 Å². The van der Waals surface area contributed by atoms with Crippen molar-refractivity contribution in [1.29, 1.82) is 0 Å². The fourth-order valence-electron chi connectivity index (χ4n) is 4.34. The van der Waals surface area contributed by atoms with Gasteiger partial charge in [0, 0.05) is 10.4 Å². The van der Waals surface area contributed by atoms with E-state index in [2.05, 4.69) is 36.2 Å². The smallest absolute Gasteiger partial charge is 0.260 e. The number of fused-ring (bicyclic) bond motifs is 1. The molecule has 0 aliphatic heterocycles. The molecule has 0 unspecified atom stereocenters. The quantitative estimate of drug-likeness (QED) is 0.324. The lowest BCUT2D eigenvalue weighted by Crippen LogP contribution is -2.16. The first-order valence-corrected chi connectivity index (χ1v) is 11.8. The summed E-state index contributed by atoms with van der Waals surface area (Å²) in [7, 11) is 1.65. The Morgan fingerprint density at radius 3 is 2.21 bits per heavy atom. The van der Waals surface area contributed by atoms with Gasteiger partial charge in [-0.2, -0.15) is 0 Å². The van der Waals surface area contributed by atoms with Gasteiger partial charge in [-0.1, -0.05) is 79.7 Å². The summed E-state index contributed by atoms with van der Waals surface area (Å²) < 4.78 is 5.42. The van der Waals surface area contributed by atoms with Gasteiger partial charge < -0.3 is 9.72 Å². The number of aromatic nitrogens is 2.